The molecule has 0 aliphatic carbocycles. The zero-order valence-corrected chi connectivity index (χ0v) is 18.2. The van der Waals surface area contributed by atoms with Crippen molar-refractivity contribution >= 4 is 0 Å². The van der Waals surface area contributed by atoms with E-state index in [-0.39, 0.29) is 10.8 Å². The molecule has 28 heavy (non-hydrogen) atoms. The van der Waals surface area contributed by atoms with Gasteiger partial charge in [0.25, 0.3) is 0 Å². The first-order valence-corrected chi connectivity index (χ1v) is 10.0. The van der Waals surface area contributed by atoms with Crippen LogP contribution in [0, 0.1) is 6.92 Å². The Hall–Kier alpha value is -2.54. The monoisotopic (exact) mass is 372 g/mol. The lowest BCUT2D eigenvalue weighted by molar-refractivity contribution is 0.424. The van der Waals surface area contributed by atoms with Crippen molar-refractivity contribution < 1.29 is 5.11 Å². The summed E-state index contributed by atoms with van der Waals surface area (Å²) in [5.41, 5.74) is 7.52. The maximum absolute atomic E-state index is 11.7. The van der Waals surface area contributed by atoms with Crippen LogP contribution in [-0.4, -0.2) is 5.11 Å². The highest BCUT2D eigenvalue weighted by Gasteiger charge is 2.33. The summed E-state index contributed by atoms with van der Waals surface area (Å²) in [6, 6.07) is 20.9. The number of hydrogen-bond donors (Lipinski definition) is 1. The van der Waals surface area contributed by atoms with Crippen molar-refractivity contribution in [3.05, 3.63) is 77.4 Å². The summed E-state index contributed by atoms with van der Waals surface area (Å²) < 4.78 is 0. The molecule has 3 rings (SSSR count). The molecule has 0 heterocycles. The van der Waals surface area contributed by atoms with Gasteiger partial charge in [-0.3, -0.25) is 0 Å². The zero-order valence-electron chi connectivity index (χ0n) is 18.2. The van der Waals surface area contributed by atoms with Crippen LogP contribution >= 0.6 is 0 Å². The molecule has 0 aliphatic heterocycles. The fraction of sp³-hybridized carbons (Fsp3) is 0.333. The quantitative estimate of drug-likeness (QED) is 0.490. The molecule has 1 nitrogen and oxygen atoms in total. The van der Waals surface area contributed by atoms with Crippen LogP contribution in [0.15, 0.2) is 60.7 Å². The molecule has 0 atom stereocenters. The first-order chi connectivity index (χ1) is 13.0. The molecule has 0 fully saturated rings. The van der Waals surface area contributed by atoms with E-state index in [1.54, 1.807) is 0 Å². The van der Waals surface area contributed by atoms with E-state index in [1.165, 1.54) is 5.56 Å². The van der Waals surface area contributed by atoms with Crippen molar-refractivity contribution in [2.24, 2.45) is 0 Å². The molecule has 3 aromatic carbocycles. The molecule has 0 aliphatic rings. The van der Waals surface area contributed by atoms with E-state index in [9.17, 15) is 5.11 Å². The zero-order chi connectivity index (χ0) is 20.7. The van der Waals surface area contributed by atoms with Crippen molar-refractivity contribution in [1.82, 2.24) is 0 Å². The van der Waals surface area contributed by atoms with E-state index in [0.29, 0.717) is 5.75 Å². The average molecular weight is 373 g/mol. The third kappa shape index (κ3) is 3.58. The Kier molecular flexibility index (Phi) is 5.14. The molecule has 0 amide bonds. The molecular weight excluding hydrogens is 340 g/mol. The minimum absolute atomic E-state index is 0.185. The molecule has 0 radical (unpaired) electrons. The Bertz CT molecular complexity index is 890. The average Bonchev–Trinajstić information content (AvgIpc) is 2.62. The normalized spacial score (nSPS) is 12.2. The molecule has 3 aromatic rings. The summed E-state index contributed by atoms with van der Waals surface area (Å²) in [6.45, 7) is 15.3. The third-order valence-electron chi connectivity index (χ3n) is 5.35. The fourth-order valence-electron chi connectivity index (χ4n) is 4.25. The number of benzene rings is 3. The Balaban J connectivity index is 2.56. The van der Waals surface area contributed by atoms with Gasteiger partial charge in [0, 0.05) is 11.1 Å². The van der Waals surface area contributed by atoms with Gasteiger partial charge in [0.2, 0.25) is 0 Å². The maximum atomic E-state index is 11.7. The third-order valence-corrected chi connectivity index (χ3v) is 5.35. The summed E-state index contributed by atoms with van der Waals surface area (Å²) in [5.74, 6) is 0.434. The number of phenolic OH excluding ortho intramolecular Hbond substituents is 1. The smallest absolute Gasteiger partial charge is 0.124 e. The molecule has 0 bridgehead atoms. The molecule has 0 saturated heterocycles. The van der Waals surface area contributed by atoms with Gasteiger partial charge >= 0.3 is 0 Å². The van der Waals surface area contributed by atoms with Crippen molar-refractivity contribution in [1.29, 1.82) is 0 Å². The number of rotatable bonds is 2. The van der Waals surface area contributed by atoms with Crippen molar-refractivity contribution in [3.8, 4) is 28.0 Å². The lowest BCUT2D eigenvalue weighted by Gasteiger charge is -2.34. The molecule has 1 heteroatoms. The van der Waals surface area contributed by atoms with E-state index in [1.807, 2.05) is 12.1 Å². The Morgan fingerprint density at radius 3 is 1.18 bits per heavy atom. The van der Waals surface area contributed by atoms with Crippen LogP contribution in [0.3, 0.4) is 0 Å². The van der Waals surface area contributed by atoms with Crippen molar-refractivity contribution in [2.75, 3.05) is 0 Å². The van der Waals surface area contributed by atoms with Crippen molar-refractivity contribution in [3.63, 3.8) is 0 Å². The summed E-state index contributed by atoms with van der Waals surface area (Å²) in [4.78, 5) is 0. The first-order valence-electron chi connectivity index (χ1n) is 10.0. The molecule has 0 spiro atoms. The fourth-order valence-corrected chi connectivity index (χ4v) is 4.25. The van der Waals surface area contributed by atoms with E-state index in [0.717, 1.165) is 33.4 Å². The predicted molar refractivity (Wildman–Crippen MR) is 121 cm³/mol. The maximum Gasteiger partial charge on any atom is 0.124 e. The van der Waals surface area contributed by atoms with Crippen molar-refractivity contribution in [2.45, 2.75) is 59.3 Å². The second-order valence-electron chi connectivity index (χ2n) is 9.71. The van der Waals surface area contributed by atoms with Crippen LogP contribution in [0.4, 0.5) is 0 Å². The van der Waals surface area contributed by atoms with E-state index < -0.39 is 0 Å². The largest absolute Gasteiger partial charge is 0.507 e. The van der Waals surface area contributed by atoms with Crippen LogP contribution in [-0.2, 0) is 10.8 Å². The number of phenols is 1. The predicted octanol–water partition coefficient (Wildman–Crippen LogP) is 7.63. The van der Waals surface area contributed by atoms with Gasteiger partial charge in [-0.15, -0.1) is 0 Å². The molecular formula is C27H32O. The minimum atomic E-state index is -0.185. The first kappa shape index (κ1) is 20.2. The van der Waals surface area contributed by atoms with Gasteiger partial charge in [0.1, 0.15) is 5.75 Å². The van der Waals surface area contributed by atoms with Gasteiger partial charge in [0.15, 0.2) is 0 Å². The summed E-state index contributed by atoms with van der Waals surface area (Å²) >= 11 is 0. The number of aromatic hydroxyl groups is 1. The highest BCUT2D eigenvalue weighted by Crippen LogP contribution is 2.51. The van der Waals surface area contributed by atoms with Crippen LogP contribution in [0.25, 0.3) is 22.3 Å². The summed E-state index contributed by atoms with van der Waals surface area (Å²) in [5, 5.41) is 11.7. The topological polar surface area (TPSA) is 20.2 Å². The second-order valence-corrected chi connectivity index (χ2v) is 9.71. The lowest BCUT2D eigenvalue weighted by Crippen LogP contribution is -2.20. The molecule has 0 aromatic heterocycles. The van der Waals surface area contributed by atoms with E-state index in [2.05, 4.69) is 97.0 Å². The van der Waals surface area contributed by atoms with E-state index >= 15 is 0 Å². The van der Waals surface area contributed by atoms with Gasteiger partial charge in [-0.2, -0.15) is 0 Å². The highest BCUT2D eigenvalue weighted by atomic mass is 16.3. The van der Waals surface area contributed by atoms with Gasteiger partial charge in [-0.1, -0.05) is 102 Å². The highest BCUT2D eigenvalue weighted by molar-refractivity contribution is 5.87. The van der Waals surface area contributed by atoms with Gasteiger partial charge in [0.05, 0.1) is 0 Å². The molecule has 0 unspecified atom stereocenters. The summed E-state index contributed by atoms with van der Waals surface area (Å²) in [7, 11) is 0. The SMILES string of the molecule is Cc1c(-c2ccccc2)c(C(C)(C)C)c(O)c(C(C)(C)C)c1-c1ccccc1. The Morgan fingerprint density at radius 1 is 0.571 bits per heavy atom. The van der Waals surface area contributed by atoms with Crippen LogP contribution in [0.2, 0.25) is 0 Å². The van der Waals surface area contributed by atoms with Crippen LogP contribution in [0.5, 0.6) is 5.75 Å². The van der Waals surface area contributed by atoms with Gasteiger partial charge < -0.3 is 5.11 Å². The van der Waals surface area contributed by atoms with Gasteiger partial charge in [-0.05, 0) is 45.6 Å². The van der Waals surface area contributed by atoms with Crippen LogP contribution in [0.1, 0.15) is 58.2 Å². The molecule has 146 valence electrons. The second kappa shape index (κ2) is 7.13. The van der Waals surface area contributed by atoms with Crippen LogP contribution < -0.4 is 0 Å². The Labute approximate surface area is 170 Å². The van der Waals surface area contributed by atoms with E-state index in [4.69, 9.17) is 0 Å². The molecule has 1 N–H and O–H groups in total. The number of hydrogen-bond acceptors (Lipinski definition) is 1. The lowest BCUT2D eigenvalue weighted by atomic mass is 9.71. The summed E-state index contributed by atoms with van der Waals surface area (Å²) in [6.07, 6.45) is 0. The Morgan fingerprint density at radius 2 is 0.893 bits per heavy atom. The van der Waals surface area contributed by atoms with Gasteiger partial charge in [-0.25, -0.2) is 0 Å². The standard InChI is InChI=1S/C27H32O/c1-18-21(19-14-10-8-11-15-19)23(26(2,3)4)25(28)24(27(5,6)7)22(18)20-16-12-9-13-17-20/h8-17,28H,1-7H3. The molecule has 0 saturated carbocycles. The minimum Gasteiger partial charge on any atom is -0.507 e.